The van der Waals surface area contributed by atoms with Crippen LogP contribution in [-0.2, 0) is 0 Å². The Balaban J connectivity index is 1.48. The number of urea groups is 2. The molecule has 0 fully saturated rings. The second-order valence-electron chi connectivity index (χ2n) is 6.21. The fourth-order valence-electron chi connectivity index (χ4n) is 2.48. The van der Waals surface area contributed by atoms with Gasteiger partial charge in [0.2, 0.25) is 0 Å². The first kappa shape index (κ1) is 21.9. The topological polar surface area (TPSA) is 111 Å². The van der Waals surface area contributed by atoms with Crippen LogP contribution in [-0.4, -0.2) is 18.0 Å². The molecule has 0 heterocycles. The molecule has 0 unspecified atom stereocenters. The summed E-state index contributed by atoms with van der Waals surface area (Å²) < 4.78 is 0. The molecule has 0 aliphatic carbocycles. The van der Waals surface area contributed by atoms with E-state index in [4.69, 9.17) is 23.2 Å². The van der Waals surface area contributed by atoms with E-state index in [2.05, 4.69) is 26.8 Å². The van der Waals surface area contributed by atoms with Gasteiger partial charge in [0.05, 0.1) is 0 Å². The van der Waals surface area contributed by atoms with E-state index in [0.29, 0.717) is 27.1 Å². The molecule has 158 valence electrons. The third-order valence-corrected chi connectivity index (χ3v) is 4.33. The SMILES string of the molecule is O=C(NNC(=O)c1ccc(NC(=O)Nc2cccc(Cl)c2)cc1)Nc1cccc(Cl)c1. The van der Waals surface area contributed by atoms with Crippen molar-refractivity contribution in [1.82, 2.24) is 10.9 Å². The maximum absolute atomic E-state index is 12.2. The molecule has 31 heavy (non-hydrogen) atoms. The highest BCUT2D eigenvalue weighted by Gasteiger charge is 2.09. The Hall–Kier alpha value is -3.75. The molecular weight excluding hydrogens is 441 g/mol. The van der Waals surface area contributed by atoms with Crippen molar-refractivity contribution in [3.05, 3.63) is 88.4 Å². The smallest absolute Gasteiger partial charge is 0.308 e. The lowest BCUT2D eigenvalue weighted by Crippen LogP contribution is -2.43. The number of halogens is 2. The van der Waals surface area contributed by atoms with Gasteiger partial charge in [-0.2, -0.15) is 0 Å². The highest BCUT2D eigenvalue weighted by atomic mass is 35.5. The Labute approximate surface area is 187 Å². The number of hydrogen-bond donors (Lipinski definition) is 5. The van der Waals surface area contributed by atoms with Crippen molar-refractivity contribution in [2.24, 2.45) is 0 Å². The zero-order chi connectivity index (χ0) is 22.2. The minimum Gasteiger partial charge on any atom is -0.308 e. The number of amides is 5. The average molecular weight is 458 g/mol. The van der Waals surface area contributed by atoms with Crippen LogP contribution in [0.1, 0.15) is 10.4 Å². The van der Waals surface area contributed by atoms with E-state index in [-0.39, 0.29) is 5.56 Å². The van der Waals surface area contributed by atoms with Crippen molar-refractivity contribution in [1.29, 1.82) is 0 Å². The lowest BCUT2D eigenvalue weighted by atomic mass is 10.2. The number of nitrogens with one attached hydrogen (secondary N) is 5. The molecule has 10 heteroatoms. The number of hydrogen-bond acceptors (Lipinski definition) is 3. The van der Waals surface area contributed by atoms with Gasteiger partial charge >= 0.3 is 12.1 Å². The number of carbonyl (C=O) groups is 3. The Morgan fingerprint density at radius 3 is 1.65 bits per heavy atom. The number of carbonyl (C=O) groups excluding carboxylic acids is 3. The second-order valence-corrected chi connectivity index (χ2v) is 7.08. The van der Waals surface area contributed by atoms with Crippen molar-refractivity contribution in [3.8, 4) is 0 Å². The lowest BCUT2D eigenvalue weighted by molar-refractivity contribution is 0.0938. The van der Waals surface area contributed by atoms with Crippen LogP contribution >= 0.6 is 23.2 Å². The van der Waals surface area contributed by atoms with Gasteiger partial charge in [0.15, 0.2) is 0 Å². The molecule has 3 aromatic rings. The summed E-state index contributed by atoms with van der Waals surface area (Å²) in [7, 11) is 0. The standard InChI is InChI=1S/C21H17Cl2N5O3/c22-14-3-1-5-17(11-14)25-20(30)24-16-9-7-13(8-10-16)19(29)27-28-21(31)26-18-6-2-4-15(23)12-18/h1-12H,(H,27,29)(H2,24,25,30)(H2,26,28,31). The number of anilines is 3. The molecule has 0 spiro atoms. The average Bonchev–Trinajstić information content (AvgIpc) is 2.72. The highest BCUT2D eigenvalue weighted by molar-refractivity contribution is 6.31. The third kappa shape index (κ3) is 6.91. The molecule has 0 saturated carbocycles. The van der Waals surface area contributed by atoms with Crippen LogP contribution < -0.4 is 26.8 Å². The fourth-order valence-corrected chi connectivity index (χ4v) is 2.86. The molecule has 0 aliphatic rings. The van der Waals surface area contributed by atoms with E-state index in [1.165, 1.54) is 12.1 Å². The van der Waals surface area contributed by atoms with Crippen LogP contribution in [0.4, 0.5) is 26.7 Å². The van der Waals surface area contributed by atoms with Crippen LogP contribution in [0.2, 0.25) is 10.0 Å². The summed E-state index contributed by atoms with van der Waals surface area (Å²) in [6.07, 6.45) is 0. The van der Waals surface area contributed by atoms with Crippen LogP contribution in [0.3, 0.4) is 0 Å². The molecule has 0 atom stereocenters. The van der Waals surface area contributed by atoms with Crippen LogP contribution in [0, 0.1) is 0 Å². The van der Waals surface area contributed by atoms with Gasteiger partial charge in [0.25, 0.3) is 5.91 Å². The van der Waals surface area contributed by atoms with Crippen LogP contribution in [0.25, 0.3) is 0 Å². The third-order valence-electron chi connectivity index (χ3n) is 3.86. The van der Waals surface area contributed by atoms with Gasteiger partial charge in [0, 0.05) is 32.7 Å². The normalized spacial score (nSPS) is 10.0. The first-order valence-electron chi connectivity index (χ1n) is 8.95. The van der Waals surface area contributed by atoms with Crippen molar-refractivity contribution in [2.75, 3.05) is 16.0 Å². The number of benzene rings is 3. The van der Waals surface area contributed by atoms with Crippen molar-refractivity contribution >= 4 is 58.2 Å². The zero-order valence-electron chi connectivity index (χ0n) is 15.9. The molecule has 8 nitrogen and oxygen atoms in total. The monoisotopic (exact) mass is 457 g/mol. The van der Waals surface area contributed by atoms with Gasteiger partial charge in [-0.1, -0.05) is 35.3 Å². The Bertz CT molecular complexity index is 1110. The minimum atomic E-state index is -0.633. The van der Waals surface area contributed by atoms with Gasteiger partial charge < -0.3 is 16.0 Å². The van der Waals surface area contributed by atoms with E-state index >= 15 is 0 Å². The highest BCUT2D eigenvalue weighted by Crippen LogP contribution is 2.16. The summed E-state index contributed by atoms with van der Waals surface area (Å²) in [5.41, 5.74) is 6.31. The summed E-state index contributed by atoms with van der Waals surface area (Å²) in [6.45, 7) is 0. The van der Waals surface area contributed by atoms with Crippen molar-refractivity contribution < 1.29 is 14.4 Å². The zero-order valence-corrected chi connectivity index (χ0v) is 17.4. The molecule has 3 aromatic carbocycles. The van der Waals surface area contributed by atoms with Gasteiger partial charge in [-0.3, -0.25) is 10.2 Å². The summed E-state index contributed by atoms with van der Waals surface area (Å²) >= 11 is 11.7. The summed E-state index contributed by atoms with van der Waals surface area (Å²) in [5.74, 6) is -0.531. The van der Waals surface area contributed by atoms with Gasteiger partial charge in [0.1, 0.15) is 0 Å². The van der Waals surface area contributed by atoms with E-state index < -0.39 is 18.0 Å². The lowest BCUT2D eigenvalue weighted by Gasteiger charge is -2.10. The van der Waals surface area contributed by atoms with Crippen LogP contribution in [0.5, 0.6) is 0 Å². The minimum absolute atomic E-state index is 0.281. The summed E-state index contributed by atoms with van der Waals surface area (Å²) in [4.78, 5) is 36.1. The van der Waals surface area contributed by atoms with Crippen molar-refractivity contribution in [3.63, 3.8) is 0 Å². The molecule has 0 aromatic heterocycles. The molecule has 5 N–H and O–H groups in total. The quantitative estimate of drug-likeness (QED) is 0.351. The molecule has 3 rings (SSSR count). The van der Waals surface area contributed by atoms with E-state index in [1.807, 2.05) is 0 Å². The number of rotatable bonds is 4. The largest absolute Gasteiger partial charge is 0.337 e. The Morgan fingerprint density at radius 1 is 0.581 bits per heavy atom. The van der Waals surface area contributed by atoms with Gasteiger partial charge in [-0.25, -0.2) is 15.0 Å². The number of hydrazine groups is 1. The fraction of sp³-hybridized carbons (Fsp3) is 0. The maximum atomic E-state index is 12.2. The van der Waals surface area contributed by atoms with E-state index in [0.717, 1.165) is 0 Å². The molecule has 0 aliphatic heterocycles. The Kier molecular flexibility index (Phi) is 7.31. The van der Waals surface area contributed by atoms with E-state index in [1.54, 1.807) is 60.7 Å². The molecule has 0 bridgehead atoms. The molecular formula is C21H17Cl2N5O3. The second kappa shape index (κ2) is 10.3. The predicted molar refractivity (Wildman–Crippen MR) is 122 cm³/mol. The maximum Gasteiger partial charge on any atom is 0.337 e. The molecule has 0 saturated heterocycles. The first-order chi connectivity index (χ1) is 14.9. The summed E-state index contributed by atoms with van der Waals surface area (Å²) in [6, 6.07) is 18.3. The molecule has 5 amide bonds. The predicted octanol–water partition coefficient (Wildman–Crippen LogP) is 5.10. The van der Waals surface area contributed by atoms with Crippen LogP contribution in [0.15, 0.2) is 72.8 Å². The molecule has 0 radical (unpaired) electrons. The Morgan fingerprint density at radius 2 is 1.10 bits per heavy atom. The van der Waals surface area contributed by atoms with Gasteiger partial charge in [-0.05, 0) is 60.7 Å². The van der Waals surface area contributed by atoms with Crippen molar-refractivity contribution in [2.45, 2.75) is 0 Å². The summed E-state index contributed by atoms with van der Waals surface area (Å²) in [5, 5.41) is 8.79. The van der Waals surface area contributed by atoms with Gasteiger partial charge in [-0.15, -0.1) is 0 Å². The first-order valence-corrected chi connectivity index (χ1v) is 9.71. The van der Waals surface area contributed by atoms with E-state index in [9.17, 15) is 14.4 Å².